The van der Waals surface area contributed by atoms with Gasteiger partial charge in [0.2, 0.25) is 0 Å². The maximum absolute atomic E-state index is 11.0. The van der Waals surface area contributed by atoms with Gasteiger partial charge in [-0.1, -0.05) is 0 Å². The van der Waals surface area contributed by atoms with Crippen molar-refractivity contribution in [3.63, 3.8) is 0 Å². The van der Waals surface area contributed by atoms with Crippen molar-refractivity contribution < 1.29 is 9.90 Å². The van der Waals surface area contributed by atoms with Crippen LogP contribution in [0.2, 0.25) is 0 Å². The lowest BCUT2D eigenvalue weighted by atomic mass is 10.3. The van der Waals surface area contributed by atoms with E-state index in [2.05, 4.69) is 28.4 Å². The van der Waals surface area contributed by atoms with Crippen LogP contribution in [0.4, 0.5) is 0 Å². The van der Waals surface area contributed by atoms with Gasteiger partial charge in [-0.2, -0.15) is 0 Å². The second-order valence-corrected chi connectivity index (χ2v) is 5.90. The van der Waals surface area contributed by atoms with E-state index in [1.165, 1.54) is 11.3 Å². The summed E-state index contributed by atoms with van der Waals surface area (Å²) in [6.07, 6.45) is 5.38. The Morgan fingerprint density at radius 3 is 2.95 bits per heavy atom. The van der Waals surface area contributed by atoms with Crippen LogP contribution in [0.5, 0.6) is 0 Å². The van der Waals surface area contributed by atoms with Crippen molar-refractivity contribution in [1.82, 2.24) is 19.1 Å². The lowest BCUT2D eigenvalue weighted by molar-refractivity contribution is 0.0702. The predicted molar refractivity (Wildman–Crippen MR) is 76.3 cm³/mol. The molecule has 3 aromatic heterocycles. The molecule has 3 heterocycles. The monoisotopic (exact) mass is 290 g/mol. The number of hydrogen-bond donors (Lipinski definition) is 1. The normalized spacial score (nSPS) is 11.6. The topological polar surface area (TPSA) is 72.9 Å². The first-order valence-corrected chi connectivity index (χ1v) is 7.06. The molecule has 1 N–H and O–H groups in total. The lowest BCUT2D eigenvalue weighted by Gasteiger charge is -2.12. The number of fused-ring (bicyclic) bond motifs is 1. The van der Waals surface area contributed by atoms with Crippen molar-refractivity contribution in [3.05, 3.63) is 35.5 Å². The molecule has 0 bridgehead atoms. The average Bonchev–Trinajstić information content (AvgIpc) is 3.06. The Balaban J connectivity index is 1.98. The van der Waals surface area contributed by atoms with Gasteiger partial charge in [-0.3, -0.25) is 0 Å². The molecule has 0 atom stereocenters. The first kappa shape index (κ1) is 12.9. The molecule has 6 nitrogen and oxygen atoms in total. The maximum atomic E-state index is 11.0. The van der Waals surface area contributed by atoms with Crippen molar-refractivity contribution >= 4 is 27.7 Å². The molecule has 0 aliphatic heterocycles. The second-order valence-electron chi connectivity index (χ2n) is 4.86. The number of hydrogen-bond acceptors (Lipinski definition) is 4. The van der Waals surface area contributed by atoms with Gasteiger partial charge in [0.15, 0.2) is 0 Å². The van der Waals surface area contributed by atoms with E-state index in [0.29, 0.717) is 17.5 Å². The molecule has 0 aliphatic carbocycles. The van der Waals surface area contributed by atoms with E-state index in [-0.39, 0.29) is 0 Å². The molecular weight excluding hydrogens is 276 g/mol. The van der Waals surface area contributed by atoms with Gasteiger partial charge in [0, 0.05) is 12.2 Å². The molecule has 3 rings (SSSR count). The van der Waals surface area contributed by atoms with Crippen LogP contribution in [0.3, 0.4) is 0 Å². The third-order valence-corrected chi connectivity index (χ3v) is 4.18. The van der Waals surface area contributed by atoms with Crippen LogP contribution in [0.1, 0.15) is 35.3 Å². The fraction of sp³-hybridized carbons (Fsp3) is 0.308. The third-order valence-electron chi connectivity index (χ3n) is 3.16. The highest BCUT2D eigenvalue weighted by Gasteiger charge is 2.14. The van der Waals surface area contributed by atoms with Crippen molar-refractivity contribution in [3.8, 4) is 0 Å². The highest BCUT2D eigenvalue weighted by Crippen LogP contribution is 2.25. The van der Waals surface area contributed by atoms with E-state index in [1.54, 1.807) is 12.4 Å². The molecule has 0 amide bonds. The molecule has 104 valence electrons. The molecule has 0 unspecified atom stereocenters. The number of carbonyl (C=O) groups is 1. The fourth-order valence-corrected chi connectivity index (χ4v) is 3.03. The van der Waals surface area contributed by atoms with Crippen LogP contribution in [-0.4, -0.2) is 30.2 Å². The van der Waals surface area contributed by atoms with E-state index < -0.39 is 5.97 Å². The summed E-state index contributed by atoms with van der Waals surface area (Å²) < 4.78 is 4.05. The Bertz CT molecular complexity index is 768. The van der Waals surface area contributed by atoms with Crippen molar-refractivity contribution in [2.24, 2.45) is 0 Å². The van der Waals surface area contributed by atoms with Gasteiger partial charge in [-0.25, -0.2) is 14.8 Å². The van der Waals surface area contributed by atoms with Crippen LogP contribution >= 0.6 is 11.3 Å². The molecule has 7 heteroatoms. The minimum Gasteiger partial charge on any atom is -0.477 e. The van der Waals surface area contributed by atoms with Crippen LogP contribution in [-0.2, 0) is 6.54 Å². The maximum Gasteiger partial charge on any atom is 0.346 e. The molecule has 0 fully saturated rings. The number of thiophene rings is 1. The van der Waals surface area contributed by atoms with E-state index in [1.807, 2.05) is 17.1 Å². The second kappa shape index (κ2) is 4.75. The van der Waals surface area contributed by atoms with Crippen LogP contribution in [0.25, 0.3) is 10.3 Å². The smallest absolute Gasteiger partial charge is 0.346 e. The van der Waals surface area contributed by atoms with Gasteiger partial charge >= 0.3 is 5.97 Å². The minimum absolute atomic E-state index is 0.314. The Labute approximate surface area is 119 Å². The molecule has 0 saturated heterocycles. The molecular formula is C13H14N4O2S. The minimum atomic E-state index is -0.910. The summed E-state index contributed by atoms with van der Waals surface area (Å²) in [7, 11) is 0. The van der Waals surface area contributed by atoms with Gasteiger partial charge in [-0.15, -0.1) is 11.3 Å². The van der Waals surface area contributed by atoms with Gasteiger partial charge in [-0.05, 0) is 19.9 Å². The van der Waals surface area contributed by atoms with Crippen LogP contribution in [0, 0.1) is 0 Å². The fourth-order valence-electron chi connectivity index (χ4n) is 2.18. The number of carboxylic acid groups (broad SMARTS) is 1. The number of nitrogens with zero attached hydrogens (tertiary/aromatic N) is 4. The standard InChI is InChI=1S/C13H14N4O2S/c1-8(2)17-6-14-4-9(17)5-16-7-15-12-10(16)3-11(20-12)13(18)19/h3-4,6-8H,5H2,1-2H3,(H,18,19). The zero-order chi connectivity index (χ0) is 14.3. The Morgan fingerprint density at radius 1 is 1.45 bits per heavy atom. The number of rotatable bonds is 4. The quantitative estimate of drug-likeness (QED) is 0.801. The zero-order valence-electron chi connectivity index (χ0n) is 11.1. The Morgan fingerprint density at radius 2 is 2.25 bits per heavy atom. The Hall–Kier alpha value is -2.15. The van der Waals surface area contributed by atoms with E-state index in [9.17, 15) is 4.79 Å². The molecule has 0 saturated carbocycles. The van der Waals surface area contributed by atoms with Gasteiger partial charge in [0.25, 0.3) is 0 Å². The van der Waals surface area contributed by atoms with Gasteiger partial charge in [0.1, 0.15) is 9.71 Å². The molecule has 0 radical (unpaired) electrons. The molecule has 3 aromatic rings. The Kier molecular flexibility index (Phi) is 3.06. The van der Waals surface area contributed by atoms with Gasteiger partial charge < -0.3 is 14.2 Å². The first-order valence-electron chi connectivity index (χ1n) is 6.25. The average molecular weight is 290 g/mol. The summed E-state index contributed by atoms with van der Waals surface area (Å²) in [5.74, 6) is -0.910. The summed E-state index contributed by atoms with van der Waals surface area (Å²) in [5, 5.41) is 9.03. The highest BCUT2D eigenvalue weighted by molar-refractivity contribution is 7.20. The van der Waals surface area contributed by atoms with Gasteiger partial charge in [0.05, 0.1) is 30.4 Å². The number of aromatic carboxylic acids is 1. The summed E-state index contributed by atoms with van der Waals surface area (Å²) >= 11 is 1.20. The van der Waals surface area contributed by atoms with Crippen molar-refractivity contribution in [2.45, 2.75) is 26.4 Å². The summed E-state index contributed by atoms with van der Waals surface area (Å²) in [4.78, 5) is 20.5. The van der Waals surface area contributed by atoms with E-state index in [4.69, 9.17) is 5.11 Å². The highest BCUT2D eigenvalue weighted by atomic mass is 32.1. The van der Waals surface area contributed by atoms with Crippen LogP contribution < -0.4 is 0 Å². The van der Waals surface area contributed by atoms with Crippen molar-refractivity contribution in [2.75, 3.05) is 0 Å². The summed E-state index contributed by atoms with van der Waals surface area (Å²) in [5.41, 5.74) is 1.92. The van der Waals surface area contributed by atoms with E-state index in [0.717, 1.165) is 16.0 Å². The zero-order valence-corrected chi connectivity index (χ0v) is 12.0. The SMILES string of the molecule is CC(C)n1cncc1Cn1cnc2sc(C(=O)O)cc21. The number of aromatic nitrogens is 4. The molecule has 0 aliphatic rings. The first-order chi connectivity index (χ1) is 9.56. The molecule has 0 aromatic carbocycles. The lowest BCUT2D eigenvalue weighted by Crippen LogP contribution is -2.08. The van der Waals surface area contributed by atoms with Crippen LogP contribution in [0.15, 0.2) is 24.9 Å². The number of imidazole rings is 2. The van der Waals surface area contributed by atoms with Crippen molar-refractivity contribution in [1.29, 1.82) is 0 Å². The largest absolute Gasteiger partial charge is 0.477 e. The summed E-state index contributed by atoms with van der Waals surface area (Å²) in [6.45, 7) is 4.83. The molecule has 20 heavy (non-hydrogen) atoms. The molecule has 0 spiro atoms. The third kappa shape index (κ3) is 2.09. The number of carboxylic acids is 1. The predicted octanol–water partition coefficient (Wildman–Crippen LogP) is 2.62. The van der Waals surface area contributed by atoms with E-state index >= 15 is 0 Å². The summed E-state index contributed by atoms with van der Waals surface area (Å²) in [6, 6.07) is 2.01.